The molecule has 6 nitrogen and oxygen atoms in total. The smallest absolute Gasteiger partial charge is 0.319 e. The second kappa shape index (κ2) is 7.27. The maximum absolute atomic E-state index is 12.1. The molecule has 0 radical (unpaired) electrons. The first-order valence-corrected chi connectivity index (χ1v) is 8.00. The predicted molar refractivity (Wildman–Crippen MR) is 97.9 cm³/mol. The van der Waals surface area contributed by atoms with Crippen LogP contribution in [0.5, 0.6) is 5.75 Å². The molecule has 0 fully saturated rings. The number of aromatic nitrogens is 1. The molecule has 0 aliphatic carbocycles. The van der Waals surface area contributed by atoms with E-state index in [4.69, 9.17) is 4.74 Å². The van der Waals surface area contributed by atoms with Gasteiger partial charge in [-0.25, -0.2) is 4.79 Å². The molecule has 2 amide bonds. The monoisotopic (exact) mass is 339 g/mol. The van der Waals surface area contributed by atoms with Crippen LogP contribution in [0.15, 0.2) is 54.7 Å². The number of nitrogens with one attached hydrogen (secondary N) is 2. The van der Waals surface area contributed by atoms with Crippen molar-refractivity contribution in [2.75, 3.05) is 19.0 Å². The standard InChI is InChI=1S/C19H21N3O3/c1-22-12-14(13-7-3-5-9-16(13)22)17(23)11-20-19(24)21-15-8-4-6-10-18(15)25-2/h3-10,12,17,23H,11H2,1-2H3,(H2,20,21,24). The molecule has 25 heavy (non-hydrogen) atoms. The van der Waals surface area contributed by atoms with E-state index in [9.17, 15) is 9.90 Å². The number of carbonyl (C=O) groups is 1. The van der Waals surface area contributed by atoms with Crippen LogP contribution in [0, 0.1) is 0 Å². The molecule has 0 spiro atoms. The lowest BCUT2D eigenvalue weighted by molar-refractivity contribution is 0.176. The van der Waals surface area contributed by atoms with Crippen LogP contribution in [0.25, 0.3) is 10.9 Å². The molecular weight excluding hydrogens is 318 g/mol. The SMILES string of the molecule is COc1ccccc1NC(=O)NCC(O)c1cn(C)c2ccccc12. The minimum atomic E-state index is -0.797. The number of carbonyl (C=O) groups excluding carboxylic acids is 1. The molecule has 0 saturated carbocycles. The minimum absolute atomic E-state index is 0.106. The number of ether oxygens (including phenoxy) is 1. The van der Waals surface area contributed by atoms with Crippen molar-refractivity contribution in [1.29, 1.82) is 0 Å². The number of urea groups is 1. The normalized spacial score (nSPS) is 12.0. The highest BCUT2D eigenvalue weighted by Gasteiger charge is 2.15. The molecule has 3 rings (SSSR count). The first kappa shape index (κ1) is 16.9. The number of para-hydroxylation sites is 3. The van der Waals surface area contributed by atoms with E-state index in [-0.39, 0.29) is 6.54 Å². The molecule has 0 aliphatic rings. The number of aliphatic hydroxyl groups is 1. The van der Waals surface area contributed by atoms with Crippen molar-refractivity contribution in [2.45, 2.75) is 6.10 Å². The molecule has 1 atom stereocenters. The van der Waals surface area contributed by atoms with Crippen molar-refractivity contribution in [2.24, 2.45) is 7.05 Å². The molecule has 130 valence electrons. The Hall–Kier alpha value is -2.99. The van der Waals surface area contributed by atoms with Crippen LogP contribution in [-0.2, 0) is 7.05 Å². The molecule has 1 unspecified atom stereocenters. The number of hydrogen-bond acceptors (Lipinski definition) is 3. The summed E-state index contributed by atoms with van der Waals surface area (Å²) in [6.07, 6.45) is 1.09. The van der Waals surface area contributed by atoms with Crippen molar-refractivity contribution in [3.8, 4) is 5.75 Å². The van der Waals surface area contributed by atoms with E-state index in [1.54, 1.807) is 19.2 Å². The molecule has 3 aromatic rings. The highest BCUT2D eigenvalue weighted by atomic mass is 16.5. The third kappa shape index (κ3) is 3.59. The van der Waals surface area contributed by atoms with E-state index < -0.39 is 12.1 Å². The van der Waals surface area contributed by atoms with Gasteiger partial charge in [-0.05, 0) is 18.2 Å². The largest absolute Gasteiger partial charge is 0.495 e. The third-order valence-electron chi connectivity index (χ3n) is 4.10. The Bertz CT molecular complexity index is 889. The van der Waals surface area contributed by atoms with Gasteiger partial charge in [-0.1, -0.05) is 30.3 Å². The molecule has 0 bridgehead atoms. The lowest BCUT2D eigenvalue weighted by atomic mass is 10.1. The fourth-order valence-electron chi connectivity index (χ4n) is 2.85. The summed E-state index contributed by atoms with van der Waals surface area (Å²) in [5.74, 6) is 0.576. The summed E-state index contributed by atoms with van der Waals surface area (Å²) in [5, 5.41) is 16.9. The Morgan fingerprint density at radius 2 is 1.92 bits per heavy atom. The number of nitrogens with zero attached hydrogens (tertiary/aromatic N) is 1. The maximum Gasteiger partial charge on any atom is 0.319 e. The van der Waals surface area contributed by atoms with Gasteiger partial charge in [-0.3, -0.25) is 0 Å². The molecule has 1 heterocycles. The molecular formula is C19H21N3O3. The Balaban J connectivity index is 1.65. The second-order valence-electron chi connectivity index (χ2n) is 5.76. The zero-order valence-electron chi connectivity index (χ0n) is 14.2. The molecule has 3 N–H and O–H groups in total. The van der Waals surface area contributed by atoms with Crippen LogP contribution in [-0.4, -0.2) is 29.4 Å². The molecule has 1 aromatic heterocycles. The number of amides is 2. The van der Waals surface area contributed by atoms with Gasteiger partial charge in [-0.2, -0.15) is 0 Å². The summed E-state index contributed by atoms with van der Waals surface area (Å²) in [6, 6.07) is 14.6. The van der Waals surface area contributed by atoms with E-state index >= 15 is 0 Å². The van der Waals surface area contributed by atoms with Crippen LogP contribution < -0.4 is 15.4 Å². The summed E-state index contributed by atoms with van der Waals surface area (Å²) < 4.78 is 7.16. The van der Waals surface area contributed by atoms with E-state index in [1.165, 1.54) is 0 Å². The van der Waals surface area contributed by atoms with Crippen molar-refractivity contribution in [1.82, 2.24) is 9.88 Å². The van der Waals surface area contributed by atoms with Crippen LogP contribution >= 0.6 is 0 Å². The fourth-order valence-corrected chi connectivity index (χ4v) is 2.85. The average Bonchev–Trinajstić information content (AvgIpc) is 2.97. The van der Waals surface area contributed by atoms with Crippen LogP contribution in [0.1, 0.15) is 11.7 Å². The lowest BCUT2D eigenvalue weighted by Gasteiger charge is -2.13. The van der Waals surface area contributed by atoms with E-state index in [2.05, 4.69) is 10.6 Å². The van der Waals surface area contributed by atoms with Crippen molar-refractivity contribution in [3.63, 3.8) is 0 Å². The van der Waals surface area contributed by atoms with Gasteiger partial charge in [0.05, 0.1) is 18.9 Å². The Morgan fingerprint density at radius 1 is 1.20 bits per heavy atom. The quantitative estimate of drug-likeness (QED) is 0.669. The van der Waals surface area contributed by atoms with Gasteiger partial charge in [0.25, 0.3) is 0 Å². The lowest BCUT2D eigenvalue weighted by Crippen LogP contribution is -2.32. The Morgan fingerprint density at radius 3 is 2.72 bits per heavy atom. The molecule has 0 saturated heterocycles. The van der Waals surface area contributed by atoms with Gasteiger partial charge in [0.2, 0.25) is 0 Å². The van der Waals surface area contributed by atoms with Gasteiger partial charge in [-0.15, -0.1) is 0 Å². The van der Waals surface area contributed by atoms with Crippen LogP contribution in [0.3, 0.4) is 0 Å². The molecule has 2 aromatic carbocycles. The number of rotatable bonds is 5. The van der Waals surface area contributed by atoms with Gasteiger partial charge in [0.15, 0.2) is 0 Å². The van der Waals surface area contributed by atoms with Crippen molar-refractivity contribution in [3.05, 3.63) is 60.3 Å². The number of aryl methyl sites for hydroxylation is 1. The van der Waals surface area contributed by atoms with Crippen molar-refractivity contribution >= 4 is 22.6 Å². The first-order valence-electron chi connectivity index (χ1n) is 8.00. The molecule has 0 aliphatic heterocycles. The fraction of sp³-hybridized carbons (Fsp3) is 0.211. The van der Waals surface area contributed by atoms with E-state index in [1.807, 2.05) is 54.2 Å². The number of fused-ring (bicyclic) bond motifs is 1. The zero-order chi connectivity index (χ0) is 17.8. The van der Waals surface area contributed by atoms with Crippen LogP contribution in [0.4, 0.5) is 10.5 Å². The summed E-state index contributed by atoms with van der Waals surface area (Å²) in [6.45, 7) is 0.106. The Kier molecular flexibility index (Phi) is 4.90. The van der Waals surface area contributed by atoms with Crippen molar-refractivity contribution < 1.29 is 14.6 Å². The highest BCUT2D eigenvalue weighted by molar-refractivity contribution is 5.91. The first-order chi connectivity index (χ1) is 12.1. The summed E-state index contributed by atoms with van der Waals surface area (Å²) >= 11 is 0. The van der Waals surface area contributed by atoms with E-state index in [0.29, 0.717) is 11.4 Å². The highest BCUT2D eigenvalue weighted by Crippen LogP contribution is 2.26. The second-order valence-corrected chi connectivity index (χ2v) is 5.76. The van der Waals surface area contributed by atoms with Gasteiger partial charge >= 0.3 is 6.03 Å². The summed E-state index contributed by atoms with van der Waals surface area (Å²) in [7, 11) is 3.48. The number of methoxy groups -OCH3 is 1. The third-order valence-corrected chi connectivity index (χ3v) is 4.10. The maximum atomic E-state index is 12.1. The number of benzene rings is 2. The number of anilines is 1. The molecule has 6 heteroatoms. The Labute approximate surface area is 146 Å². The average molecular weight is 339 g/mol. The topological polar surface area (TPSA) is 75.5 Å². The minimum Gasteiger partial charge on any atom is -0.495 e. The van der Waals surface area contributed by atoms with E-state index in [0.717, 1.165) is 16.5 Å². The van der Waals surface area contributed by atoms with Gasteiger partial charge in [0.1, 0.15) is 5.75 Å². The van der Waals surface area contributed by atoms with Crippen LogP contribution in [0.2, 0.25) is 0 Å². The predicted octanol–water partition coefficient (Wildman–Crippen LogP) is 3.04. The van der Waals surface area contributed by atoms with Gasteiger partial charge < -0.3 is 25.0 Å². The summed E-state index contributed by atoms with van der Waals surface area (Å²) in [4.78, 5) is 12.1. The zero-order valence-corrected chi connectivity index (χ0v) is 14.2. The number of hydrogen-bond donors (Lipinski definition) is 3. The summed E-state index contributed by atoms with van der Waals surface area (Å²) in [5.41, 5.74) is 2.40. The van der Waals surface area contributed by atoms with Gasteiger partial charge in [0, 0.05) is 36.3 Å². The number of aliphatic hydroxyl groups excluding tert-OH is 1.